The number of ether oxygens (including phenoxy) is 3. The topological polar surface area (TPSA) is 73.9 Å². The van der Waals surface area contributed by atoms with Gasteiger partial charge in [-0.2, -0.15) is 0 Å². The van der Waals surface area contributed by atoms with Gasteiger partial charge in [0.1, 0.15) is 0 Å². The molecule has 8 heteroatoms. The maximum atomic E-state index is 12.1. The first-order chi connectivity index (χ1) is 12.9. The monoisotopic (exact) mass is 407 g/mol. The van der Waals surface area contributed by atoms with Crippen molar-refractivity contribution in [2.45, 2.75) is 13.0 Å². The van der Waals surface area contributed by atoms with Crippen molar-refractivity contribution in [2.75, 3.05) is 12.1 Å². The molecule has 2 aromatic carbocycles. The molecule has 3 rings (SSSR count). The summed E-state index contributed by atoms with van der Waals surface area (Å²) in [6.45, 7) is 1.64. The number of anilines is 1. The SMILES string of the molecule is C[C@@H](OC(=O)/C=C/c1ccc2c(c1)OCO2)C(=O)Nc1cc(Cl)cc(Cl)c1. The number of esters is 1. The summed E-state index contributed by atoms with van der Waals surface area (Å²) in [4.78, 5) is 24.1. The van der Waals surface area contributed by atoms with Crippen molar-refractivity contribution in [1.29, 1.82) is 0 Å². The summed E-state index contributed by atoms with van der Waals surface area (Å²) in [5.74, 6) is 0.109. The number of hydrogen-bond acceptors (Lipinski definition) is 5. The molecule has 0 saturated carbocycles. The summed E-state index contributed by atoms with van der Waals surface area (Å²) in [6, 6.07) is 9.89. The van der Waals surface area contributed by atoms with E-state index in [-0.39, 0.29) is 6.79 Å². The summed E-state index contributed by atoms with van der Waals surface area (Å²) >= 11 is 11.8. The minimum atomic E-state index is -1.00. The molecule has 1 aliphatic rings. The van der Waals surface area contributed by atoms with Crippen molar-refractivity contribution >= 4 is 46.8 Å². The standard InChI is InChI=1S/C19H15Cl2NO5/c1-11(19(24)22-15-8-13(20)7-14(21)9-15)27-18(23)5-3-12-2-4-16-17(6-12)26-10-25-16/h2-9,11H,10H2,1H3,(H,22,24)/b5-3+/t11-/m1/s1. The van der Waals surface area contributed by atoms with Gasteiger partial charge in [-0.3, -0.25) is 4.79 Å². The first kappa shape index (κ1) is 19.1. The fraction of sp³-hybridized carbons (Fsp3) is 0.158. The van der Waals surface area contributed by atoms with Crippen LogP contribution in [0.2, 0.25) is 10.0 Å². The zero-order valence-electron chi connectivity index (χ0n) is 14.2. The largest absolute Gasteiger partial charge is 0.454 e. The van der Waals surface area contributed by atoms with Crippen LogP contribution in [0.1, 0.15) is 12.5 Å². The van der Waals surface area contributed by atoms with Crippen LogP contribution in [-0.4, -0.2) is 24.8 Å². The van der Waals surface area contributed by atoms with Crippen molar-refractivity contribution in [2.24, 2.45) is 0 Å². The van der Waals surface area contributed by atoms with Gasteiger partial charge in [-0.05, 0) is 48.9 Å². The molecule has 6 nitrogen and oxygen atoms in total. The van der Waals surface area contributed by atoms with Crippen LogP contribution in [0.15, 0.2) is 42.5 Å². The van der Waals surface area contributed by atoms with Crippen LogP contribution >= 0.6 is 23.2 Å². The summed E-state index contributed by atoms with van der Waals surface area (Å²) in [5.41, 5.74) is 1.15. The molecule has 0 fully saturated rings. The van der Waals surface area contributed by atoms with Gasteiger partial charge in [-0.1, -0.05) is 29.3 Å². The Morgan fingerprint density at radius 2 is 1.81 bits per heavy atom. The number of nitrogens with one attached hydrogen (secondary N) is 1. The van der Waals surface area contributed by atoms with Gasteiger partial charge in [-0.25, -0.2) is 4.79 Å². The molecule has 1 aliphatic heterocycles. The van der Waals surface area contributed by atoms with Crippen LogP contribution in [0, 0.1) is 0 Å². The van der Waals surface area contributed by atoms with Crippen molar-refractivity contribution < 1.29 is 23.8 Å². The normalized spacial score (nSPS) is 13.4. The van der Waals surface area contributed by atoms with Crippen LogP contribution in [0.5, 0.6) is 11.5 Å². The molecule has 2 aromatic rings. The van der Waals surface area contributed by atoms with Crippen molar-refractivity contribution in [3.8, 4) is 11.5 Å². The summed E-state index contributed by atoms with van der Waals surface area (Å²) < 4.78 is 15.6. The molecule has 0 aliphatic carbocycles. The van der Waals surface area contributed by atoms with Crippen molar-refractivity contribution in [3.63, 3.8) is 0 Å². The van der Waals surface area contributed by atoms with E-state index in [0.717, 1.165) is 5.56 Å². The van der Waals surface area contributed by atoms with Crippen molar-refractivity contribution in [1.82, 2.24) is 0 Å². The van der Waals surface area contributed by atoms with Crippen molar-refractivity contribution in [3.05, 3.63) is 58.1 Å². The summed E-state index contributed by atoms with van der Waals surface area (Å²) in [7, 11) is 0. The van der Waals surface area contributed by atoms with E-state index in [9.17, 15) is 9.59 Å². The van der Waals surface area contributed by atoms with Gasteiger partial charge in [0.2, 0.25) is 6.79 Å². The van der Waals surface area contributed by atoms with Gasteiger partial charge in [0, 0.05) is 21.8 Å². The summed E-state index contributed by atoms with van der Waals surface area (Å²) in [6.07, 6.45) is 1.79. The molecule has 0 radical (unpaired) electrons. The Morgan fingerprint density at radius 1 is 1.11 bits per heavy atom. The zero-order chi connectivity index (χ0) is 19.4. The fourth-order valence-corrected chi connectivity index (χ4v) is 2.84. The number of amides is 1. The highest BCUT2D eigenvalue weighted by molar-refractivity contribution is 6.35. The molecule has 140 valence electrons. The van der Waals surface area contributed by atoms with E-state index in [4.69, 9.17) is 37.4 Å². The van der Waals surface area contributed by atoms with Gasteiger partial charge in [0.25, 0.3) is 5.91 Å². The predicted octanol–water partition coefficient (Wildman–Crippen LogP) is 4.31. The van der Waals surface area contributed by atoms with Crippen LogP contribution in [0.3, 0.4) is 0 Å². The predicted molar refractivity (Wildman–Crippen MR) is 102 cm³/mol. The molecule has 27 heavy (non-hydrogen) atoms. The fourth-order valence-electron chi connectivity index (χ4n) is 2.32. The smallest absolute Gasteiger partial charge is 0.331 e. The first-order valence-electron chi connectivity index (χ1n) is 7.96. The quantitative estimate of drug-likeness (QED) is 0.590. The molecule has 1 heterocycles. The highest BCUT2D eigenvalue weighted by atomic mass is 35.5. The number of halogens is 2. The zero-order valence-corrected chi connectivity index (χ0v) is 15.7. The third-order valence-electron chi connectivity index (χ3n) is 3.60. The average molecular weight is 408 g/mol. The number of benzene rings is 2. The lowest BCUT2D eigenvalue weighted by molar-refractivity contribution is -0.148. The number of carbonyl (C=O) groups is 2. The third kappa shape index (κ3) is 5.15. The maximum absolute atomic E-state index is 12.1. The number of carbonyl (C=O) groups excluding carboxylic acids is 2. The third-order valence-corrected chi connectivity index (χ3v) is 4.04. The number of hydrogen-bond donors (Lipinski definition) is 1. The molecule has 0 saturated heterocycles. The Hall–Kier alpha value is -2.70. The molecule has 0 unspecified atom stereocenters. The molecule has 1 amide bonds. The Kier molecular flexibility index (Phi) is 5.88. The van der Waals surface area contributed by atoms with Gasteiger partial charge < -0.3 is 19.5 Å². The summed E-state index contributed by atoms with van der Waals surface area (Å²) in [5, 5.41) is 3.36. The number of fused-ring (bicyclic) bond motifs is 1. The van der Waals surface area contributed by atoms with Crippen LogP contribution in [0.25, 0.3) is 6.08 Å². The van der Waals surface area contributed by atoms with E-state index in [1.807, 2.05) is 0 Å². The minimum absolute atomic E-state index is 0.176. The molecule has 0 aromatic heterocycles. The van der Waals surface area contributed by atoms with Gasteiger partial charge in [0.15, 0.2) is 17.6 Å². The second-order valence-electron chi connectivity index (χ2n) is 5.67. The molecular weight excluding hydrogens is 393 g/mol. The van der Waals surface area contributed by atoms with Gasteiger partial charge in [0.05, 0.1) is 0 Å². The molecule has 0 bridgehead atoms. The molecule has 1 atom stereocenters. The Labute approximate surface area is 165 Å². The van der Waals surface area contributed by atoms with E-state index in [1.165, 1.54) is 13.0 Å². The lowest BCUT2D eigenvalue weighted by atomic mass is 10.2. The van der Waals surface area contributed by atoms with E-state index >= 15 is 0 Å². The second kappa shape index (κ2) is 8.33. The molecule has 0 spiro atoms. The molecular formula is C19H15Cl2NO5. The Balaban J connectivity index is 1.55. The lowest BCUT2D eigenvalue weighted by Crippen LogP contribution is -2.29. The van der Waals surface area contributed by atoms with E-state index in [0.29, 0.717) is 27.2 Å². The van der Waals surface area contributed by atoms with E-state index < -0.39 is 18.0 Å². The van der Waals surface area contributed by atoms with E-state index in [1.54, 1.807) is 42.5 Å². The Morgan fingerprint density at radius 3 is 2.56 bits per heavy atom. The second-order valence-corrected chi connectivity index (χ2v) is 6.55. The van der Waals surface area contributed by atoms with Crippen LogP contribution in [-0.2, 0) is 14.3 Å². The number of rotatable bonds is 5. The lowest BCUT2D eigenvalue weighted by Gasteiger charge is -2.12. The highest BCUT2D eigenvalue weighted by Gasteiger charge is 2.17. The average Bonchev–Trinajstić information content (AvgIpc) is 3.06. The first-order valence-corrected chi connectivity index (χ1v) is 8.71. The van der Waals surface area contributed by atoms with Gasteiger partial charge >= 0.3 is 5.97 Å². The maximum Gasteiger partial charge on any atom is 0.331 e. The minimum Gasteiger partial charge on any atom is -0.454 e. The highest BCUT2D eigenvalue weighted by Crippen LogP contribution is 2.32. The van der Waals surface area contributed by atoms with Crippen LogP contribution < -0.4 is 14.8 Å². The van der Waals surface area contributed by atoms with Gasteiger partial charge in [-0.15, -0.1) is 0 Å². The van der Waals surface area contributed by atoms with E-state index in [2.05, 4.69) is 5.32 Å². The molecule has 1 N–H and O–H groups in total. The van der Waals surface area contributed by atoms with Crippen LogP contribution in [0.4, 0.5) is 5.69 Å². The Bertz CT molecular complexity index is 893.